The van der Waals surface area contributed by atoms with Crippen LogP contribution in [-0.2, 0) is 25.6 Å². The van der Waals surface area contributed by atoms with Crippen LogP contribution in [-0.4, -0.2) is 94.4 Å². The van der Waals surface area contributed by atoms with Gasteiger partial charge in [0.2, 0.25) is 11.8 Å². The van der Waals surface area contributed by atoms with E-state index in [9.17, 15) is 9.59 Å². The first-order valence-corrected chi connectivity index (χ1v) is 12.2. The number of carbonyl (C=O) groups is 2. The molecule has 2 aromatic carbocycles. The van der Waals surface area contributed by atoms with Crippen molar-refractivity contribution in [3.8, 4) is 0 Å². The summed E-state index contributed by atoms with van der Waals surface area (Å²) in [6, 6.07) is 15.7. The molecule has 0 bridgehead atoms. The number of nitrogens with zero attached hydrogens (tertiary/aromatic N) is 3. The van der Waals surface area contributed by atoms with Crippen LogP contribution in [0.1, 0.15) is 5.56 Å². The molecule has 0 atom stereocenters. The summed E-state index contributed by atoms with van der Waals surface area (Å²) in [7, 11) is 1.76. The molecule has 0 aromatic heterocycles. The SMILES string of the molecule is CN(CC(=O)Nc1ccc(CN2CCOCC2)cc1)CC(=O)Nc1ccc(N2CCOCC2)cc1. The predicted octanol–water partition coefficient (Wildman–Crippen LogP) is 1.86. The van der Waals surface area contributed by atoms with Gasteiger partial charge in [0.1, 0.15) is 0 Å². The minimum atomic E-state index is -0.160. The van der Waals surface area contributed by atoms with Crippen LogP contribution in [0.5, 0.6) is 0 Å². The summed E-state index contributed by atoms with van der Waals surface area (Å²) in [5, 5.41) is 5.80. The highest BCUT2D eigenvalue weighted by atomic mass is 16.5. The van der Waals surface area contributed by atoms with Crippen LogP contribution in [0.2, 0.25) is 0 Å². The fourth-order valence-corrected chi connectivity index (χ4v) is 4.24. The molecule has 0 unspecified atom stereocenters. The lowest BCUT2D eigenvalue weighted by molar-refractivity contribution is -0.119. The molecule has 2 saturated heterocycles. The topological polar surface area (TPSA) is 86.4 Å². The summed E-state index contributed by atoms with van der Waals surface area (Å²) in [6.07, 6.45) is 0. The highest BCUT2D eigenvalue weighted by Gasteiger charge is 2.14. The molecule has 2 N–H and O–H groups in total. The number of likely N-dealkylation sites (N-methyl/N-ethyl adjacent to an activating group) is 1. The van der Waals surface area contributed by atoms with E-state index >= 15 is 0 Å². The molecule has 2 aliphatic heterocycles. The minimum absolute atomic E-state index is 0.122. The number of hydrogen-bond donors (Lipinski definition) is 2. The molecule has 2 aliphatic rings. The zero-order valence-corrected chi connectivity index (χ0v) is 20.4. The third-order valence-electron chi connectivity index (χ3n) is 6.10. The number of anilines is 3. The van der Waals surface area contributed by atoms with E-state index in [4.69, 9.17) is 9.47 Å². The van der Waals surface area contributed by atoms with Gasteiger partial charge in [-0.15, -0.1) is 0 Å². The first-order chi connectivity index (χ1) is 17.0. The first kappa shape index (κ1) is 25.1. The molecule has 35 heavy (non-hydrogen) atoms. The number of benzene rings is 2. The normalized spacial score (nSPS) is 16.8. The number of amides is 2. The van der Waals surface area contributed by atoms with Gasteiger partial charge in [0.15, 0.2) is 0 Å². The Morgan fingerprint density at radius 2 is 1.26 bits per heavy atom. The number of hydrogen-bond acceptors (Lipinski definition) is 7. The highest BCUT2D eigenvalue weighted by molar-refractivity contribution is 5.94. The van der Waals surface area contributed by atoms with E-state index < -0.39 is 0 Å². The number of carbonyl (C=O) groups excluding carboxylic acids is 2. The van der Waals surface area contributed by atoms with E-state index in [2.05, 4.69) is 20.4 Å². The van der Waals surface area contributed by atoms with E-state index in [1.165, 1.54) is 5.56 Å². The van der Waals surface area contributed by atoms with Crippen LogP contribution in [0.3, 0.4) is 0 Å². The molecule has 0 radical (unpaired) electrons. The maximum absolute atomic E-state index is 12.4. The third-order valence-corrected chi connectivity index (χ3v) is 6.10. The fourth-order valence-electron chi connectivity index (χ4n) is 4.24. The maximum Gasteiger partial charge on any atom is 0.238 e. The Labute approximate surface area is 207 Å². The van der Waals surface area contributed by atoms with Gasteiger partial charge >= 0.3 is 0 Å². The van der Waals surface area contributed by atoms with Crippen LogP contribution in [0.4, 0.5) is 17.1 Å². The van der Waals surface area contributed by atoms with Crippen LogP contribution >= 0.6 is 0 Å². The standard InChI is InChI=1S/C26H35N5O4/c1-29(20-26(33)28-23-6-8-24(9-7-23)31-12-16-35-17-13-31)19-25(32)27-22-4-2-21(3-5-22)18-30-10-14-34-15-11-30/h2-9H,10-20H2,1H3,(H,27,32)(H,28,33). The van der Waals surface area contributed by atoms with Gasteiger partial charge in [-0.1, -0.05) is 12.1 Å². The molecule has 4 rings (SSSR count). The average Bonchev–Trinajstić information content (AvgIpc) is 2.86. The van der Waals surface area contributed by atoms with Crippen molar-refractivity contribution >= 4 is 28.9 Å². The van der Waals surface area contributed by atoms with Crippen molar-refractivity contribution in [2.45, 2.75) is 6.54 Å². The monoisotopic (exact) mass is 481 g/mol. The number of ether oxygens (including phenoxy) is 2. The summed E-state index contributed by atoms with van der Waals surface area (Å²) in [5.74, 6) is -0.317. The predicted molar refractivity (Wildman–Crippen MR) is 137 cm³/mol. The largest absolute Gasteiger partial charge is 0.379 e. The van der Waals surface area contributed by atoms with E-state index in [0.29, 0.717) is 0 Å². The second-order valence-corrected chi connectivity index (χ2v) is 9.00. The van der Waals surface area contributed by atoms with Crippen molar-refractivity contribution < 1.29 is 19.1 Å². The molecule has 0 aliphatic carbocycles. The molecule has 2 amide bonds. The lowest BCUT2D eigenvalue weighted by Gasteiger charge is -2.28. The Morgan fingerprint density at radius 1 is 0.771 bits per heavy atom. The van der Waals surface area contributed by atoms with Crippen molar-refractivity contribution in [2.75, 3.05) is 88.3 Å². The van der Waals surface area contributed by atoms with E-state index in [-0.39, 0.29) is 24.9 Å². The number of rotatable bonds is 9. The van der Waals surface area contributed by atoms with Crippen molar-refractivity contribution in [3.63, 3.8) is 0 Å². The van der Waals surface area contributed by atoms with Crippen molar-refractivity contribution in [3.05, 3.63) is 54.1 Å². The zero-order chi connectivity index (χ0) is 24.5. The molecule has 2 fully saturated rings. The van der Waals surface area contributed by atoms with Gasteiger partial charge < -0.3 is 25.0 Å². The Morgan fingerprint density at radius 3 is 1.80 bits per heavy atom. The molecule has 9 nitrogen and oxygen atoms in total. The summed E-state index contributed by atoms with van der Waals surface area (Å²) >= 11 is 0. The second-order valence-electron chi connectivity index (χ2n) is 9.00. The second kappa shape index (κ2) is 12.6. The Hall–Kier alpha value is -2.98. The quantitative estimate of drug-likeness (QED) is 0.566. The van der Waals surface area contributed by atoms with E-state index in [1.807, 2.05) is 48.5 Å². The lowest BCUT2D eigenvalue weighted by atomic mass is 10.2. The third kappa shape index (κ3) is 8.03. The summed E-state index contributed by atoms with van der Waals surface area (Å²) in [4.78, 5) is 31.2. The van der Waals surface area contributed by atoms with Crippen molar-refractivity contribution in [2.24, 2.45) is 0 Å². The van der Waals surface area contributed by atoms with Crippen LogP contribution in [0.15, 0.2) is 48.5 Å². The highest BCUT2D eigenvalue weighted by Crippen LogP contribution is 2.19. The number of nitrogens with one attached hydrogen (secondary N) is 2. The van der Waals surface area contributed by atoms with Gasteiger partial charge in [-0.3, -0.25) is 19.4 Å². The Balaban J connectivity index is 1.17. The smallest absolute Gasteiger partial charge is 0.238 e. The molecular formula is C26H35N5O4. The van der Waals surface area contributed by atoms with Gasteiger partial charge in [-0.2, -0.15) is 0 Å². The Kier molecular flexibility index (Phi) is 9.08. The minimum Gasteiger partial charge on any atom is -0.379 e. The summed E-state index contributed by atoms with van der Waals surface area (Å²) in [5.41, 5.74) is 3.81. The van der Waals surface area contributed by atoms with Gasteiger partial charge in [0.05, 0.1) is 39.5 Å². The zero-order valence-electron chi connectivity index (χ0n) is 20.4. The van der Waals surface area contributed by atoms with E-state index in [0.717, 1.165) is 76.2 Å². The Bertz CT molecular complexity index is 955. The van der Waals surface area contributed by atoms with Crippen LogP contribution in [0, 0.1) is 0 Å². The molecule has 2 heterocycles. The molecule has 9 heteroatoms. The van der Waals surface area contributed by atoms with Crippen molar-refractivity contribution in [1.82, 2.24) is 9.80 Å². The van der Waals surface area contributed by atoms with Crippen LogP contribution in [0.25, 0.3) is 0 Å². The molecule has 188 valence electrons. The van der Waals surface area contributed by atoms with Crippen LogP contribution < -0.4 is 15.5 Å². The number of morpholine rings is 2. The molecule has 0 saturated carbocycles. The van der Waals surface area contributed by atoms with Gasteiger partial charge in [-0.25, -0.2) is 0 Å². The first-order valence-electron chi connectivity index (χ1n) is 12.2. The van der Waals surface area contributed by atoms with Gasteiger partial charge in [0.25, 0.3) is 0 Å². The molecule has 0 spiro atoms. The molecular weight excluding hydrogens is 446 g/mol. The average molecular weight is 482 g/mol. The lowest BCUT2D eigenvalue weighted by Crippen LogP contribution is -2.36. The van der Waals surface area contributed by atoms with Crippen molar-refractivity contribution in [1.29, 1.82) is 0 Å². The van der Waals surface area contributed by atoms with E-state index in [1.54, 1.807) is 11.9 Å². The van der Waals surface area contributed by atoms with Gasteiger partial charge in [0, 0.05) is 49.8 Å². The fraction of sp³-hybridized carbons (Fsp3) is 0.462. The van der Waals surface area contributed by atoms with Gasteiger partial charge in [-0.05, 0) is 49.0 Å². The maximum atomic E-state index is 12.4. The summed E-state index contributed by atoms with van der Waals surface area (Å²) in [6.45, 7) is 7.78. The molecule has 2 aromatic rings. The summed E-state index contributed by atoms with van der Waals surface area (Å²) < 4.78 is 10.8.